The van der Waals surface area contributed by atoms with Gasteiger partial charge in [-0.1, -0.05) is 27.5 Å². The zero-order chi connectivity index (χ0) is 14.8. The van der Waals surface area contributed by atoms with E-state index < -0.39 is 0 Å². The van der Waals surface area contributed by atoms with Gasteiger partial charge in [-0.15, -0.1) is 11.3 Å². The molecule has 21 heavy (non-hydrogen) atoms. The molecule has 2 aromatic heterocycles. The van der Waals surface area contributed by atoms with Crippen LogP contribution in [-0.4, -0.2) is 20.2 Å². The third-order valence-electron chi connectivity index (χ3n) is 2.78. The summed E-state index contributed by atoms with van der Waals surface area (Å²) in [5.74, 6) is 1.50. The Kier molecular flexibility index (Phi) is 4.23. The maximum Gasteiger partial charge on any atom is 0.180 e. The van der Waals surface area contributed by atoms with Crippen LogP contribution in [0.3, 0.4) is 0 Å². The fourth-order valence-corrected chi connectivity index (χ4v) is 3.46. The number of thiazole rings is 1. The van der Waals surface area contributed by atoms with Crippen LogP contribution in [0.2, 0.25) is 5.02 Å². The van der Waals surface area contributed by atoms with E-state index in [0.29, 0.717) is 28.8 Å². The van der Waals surface area contributed by atoms with Crippen molar-refractivity contribution in [2.24, 2.45) is 0 Å². The zero-order valence-corrected chi connectivity index (χ0v) is 14.0. The molecule has 108 valence electrons. The molecule has 0 saturated carbocycles. The summed E-state index contributed by atoms with van der Waals surface area (Å²) in [6.07, 6.45) is 1.22. The van der Waals surface area contributed by atoms with E-state index in [-0.39, 0.29) is 0 Å². The minimum absolute atomic E-state index is 0.560. The summed E-state index contributed by atoms with van der Waals surface area (Å²) in [7, 11) is 0. The molecule has 0 aliphatic heterocycles. The largest absolute Gasteiger partial charge is 0.375 e. The number of benzene rings is 1. The van der Waals surface area contributed by atoms with Gasteiger partial charge in [0.2, 0.25) is 0 Å². The number of aromatic nitrogens is 4. The molecule has 0 aliphatic carbocycles. The van der Waals surface area contributed by atoms with Gasteiger partial charge in [0, 0.05) is 21.3 Å². The van der Waals surface area contributed by atoms with E-state index in [1.807, 2.05) is 23.6 Å². The Labute approximate surface area is 138 Å². The van der Waals surface area contributed by atoms with E-state index in [1.165, 1.54) is 11.3 Å². The van der Waals surface area contributed by atoms with Gasteiger partial charge in [-0.25, -0.2) is 9.97 Å². The Hall–Kier alpha value is -1.44. The van der Waals surface area contributed by atoms with Crippen LogP contribution in [0.25, 0.3) is 0 Å². The van der Waals surface area contributed by atoms with Crippen molar-refractivity contribution in [3.63, 3.8) is 0 Å². The molecule has 0 fully saturated rings. The maximum absolute atomic E-state index is 6.04. The second-order valence-corrected chi connectivity index (χ2v) is 6.75. The fourth-order valence-electron chi connectivity index (χ4n) is 1.97. The van der Waals surface area contributed by atoms with Crippen LogP contribution < -0.4 is 5.73 Å². The summed E-state index contributed by atoms with van der Waals surface area (Å²) >= 11 is 10.9. The Morgan fingerprint density at radius 2 is 2.10 bits per heavy atom. The van der Waals surface area contributed by atoms with Crippen molar-refractivity contribution < 1.29 is 0 Å². The Bertz CT molecular complexity index is 749. The molecule has 2 heterocycles. The predicted octanol–water partition coefficient (Wildman–Crippen LogP) is 3.44. The van der Waals surface area contributed by atoms with E-state index in [0.717, 1.165) is 21.6 Å². The quantitative estimate of drug-likeness (QED) is 0.722. The molecule has 0 unspecified atom stereocenters. The normalized spacial score (nSPS) is 11.0. The molecule has 0 saturated heterocycles. The van der Waals surface area contributed by atoms with E-state index >= 15 is 0 Å². The SMILES string of the molecule is Nc1nc(Cc2n[nH]c(Cc3cc(Cl)cc(Br)c3)n2)cs1. The summed E-state index contributed by atoms with van der Waals surface area (Å²) in [6.45, 7) is 0. The number of hydrogen-bond acceptors (Lipinski definition) is 5. The van der Waals surface area contributed by atoms with E-state index in [2.05, 4.69) is 36.1 Å². The third kappa shape index (κ3) is 3.81. The molecule has 8 heteroatoms. The molecular weight excluding hydrogens is 374 g/mol. The van der Waals surface area contributed by atoms with Gasteiger partial charge in [0.05, 0.1) is 12.1 Å². The number of nitrogen functional groups attached to an aromatic ring is 1. The van der Waals surface area contributed by atoms with Gasteiger partial charge in [-0.05, 0) is 23.8 Å². The summed E-state index contributed by atoms with van der Waals surface area (Å²) < 4.78 is 0.947. The number of halogens is 2. The van der Waals surface area contributed by atoms with Crippen molar-refractivity contribution in [1.29, 1.82) is 0 Å². The van der Waals surface area contributed by atoms with Gasteiger partial charge in [0.25, 0.3) is 0 Å². The number of rotatable bonds is 4. The highest BCUT2D eigenvalue weighted by molar-refractivity contribution is 9.10. The topological polar surface area (TPSA) is 80.5 Å². The summed E-state index contributed by atoms with van der Waals surface area (Å²) in [5.41, 5.74) is 7.56. The van der Waals surface area contributed by atoms with E-state index in [4.69, 9.17) is 17.3 Å². The lowest BCUT2D eigenvalue weighted by atomic mass is 10.1. The highest BCUT2D eigenvalue weighted by Crippen LogP contribution is 2.21. The number of nitrogens with one attached hydrogen (secondary N) is 1. The van der Waals surface area contributed by atoms with Crippen LogP contribution >= 0.6 is 38.9 Å². The summed E-state index contributed by atoms with van der Waals surface area (Å²) in [6, 6.07) is 5.77. The van der Waals surface area contributed by atoms with Crippen LogP contribution in [0.15, 0.2) is 28.1 Å². The molecule has 0 amide bonds. The van der Waals surface area contributed by atoms with Crippen LogP contribution in [0.5, 0.6) is 0 Å². The monoisotopic (exact) mass is 383 g/mol. The average molecular weight is 385 g/mol. The van der Waals surface area contributed by atoms with Crippen LogP contribution in [0, 0.1) is 0 Å². The molecule has 0 spiro atoms. The number of nitrogens with two attached hydrogens (primary N) is 1. The minimum atomic E-state index is 0.560. The smallest absolute Gasteiger partial charge is 0.180 e. The molecule has 0 bridgehead atoms. The molecule has 3 N–H and O–H groups in total. The van der Waals surface area contributed by atoms with Crippen molar-refractivity contribution in [3.8, 4) is 0 Å². The molecule has 3 rings (SSSR count). The lowest BCUT2D eigenvalue weighted by Crippen LogP contribution is -1.94. The van der Waals surface area contributed by atoms with Crippen molar-refractivity contribution in [1.82, 2.24) is 20.2 Å². The molecular formula is C13H11BrClN5S. The van der Waals surface area contributed by atoms with Gasteiger partial charge in [0.1, 0.15) is 5.82 Å². The predicted molar refractivity (Wildman–Crippen MR) is 87.7 cm³/mol. The van der Waals surface area contributed by atoms with Gasteiger partial charge in [0.15, 0.2) is 11.0 Å². The first-order chi connectivity index (χ1) is 10.1. The van der Waals surface area contributed by atoms with Crippen LogP contribution in [0.1, 0.15) is 22.9 Å². The first-order valence-corrected chi connectivity index (χ1v) is 8.18. The minimum Gasteiger partial charge on any atom is -0.375 e. The van der Waals surface area contributed by atoms with E-state index in [9.17, 15) is 0 Å². The first kappa shape index (κ1) is 14.5. The van der Waals surface area contributed by atoms with Crippen molar-refractivity contribution in [2.45, 2.75) is 12.8 Å². The second-order valence-electron chi connectivity index (χ2n) is 4.51. The third-order valence-corrected chi connectivity index (χ3v) is 4.18. The Morgan fingerprint density at radius 1 is 1.24 bits per heavy atom. The standard InChI is InChI=1S/C13H11BrClN5S/c14-8-1-7(2-9(15)4-8)3-11-18-12(20-19-11)5-10-6-21-13(16)17-10/h1-2,4,6H,3,5H2,(H2,16,17)(H,18,19,20). The van der Waals surface area contributed by atoms with Gasteiger partial charge in [-0.3, -0.25) is 5.10 Å². The van der Waals surface area contributed by atoms with Gasteiger partial charge < -0.3 is 5.73 Å². The van der Waals surface area contributed by atoms with Crippen LogP contribution in [0.4, 0.5) is 5.13 Å². The molecule has 1 aromatic carbocycles. The number of H-pyrrole nitrogens is 1. The number of anilines is 1. The van der Waals surface area contributed by atoms with Crippen molar-refractivity contribution in [2.75, 3.05) is 5.73 Å². The molecule has 0 radical (unpaired) electrons. The summed E-state index contributed by atoms with van der Waals surface area (Å²) in [4.78, 5) is 8.67. The molecule has 0 atom stereocenters. The average Bonchev–Trinajstić information content (AvgIpc) is 2.98. The van der Waals surface area contributed by atoms with Crippen molar-refractivity contribution in [3.05, 3.63) is 56.0 Å². The lowest BCUT2D eigenvalue weighted by molar-refractivity contribution is 0.946. The van der Waals surface area contributed by atoms with Crippen molar-refractivity contribution >= 4 is 44.0 Å². The summed E-state index contributed by atoms with van der Waals surface area (Å²) in [5, 5.41) is 10.3. The first-order valence-electron chi connectivity index (χ1n) is 6.13. The van der Waals surface area contributed by atoms with Gasteiger partial charge in [-0.2, -0.15) is 5.10 Å². The number of nitrogens with zero attached hydrogens (tertiary/aromatic N) is 3. The van der Waals surface area contributed by atoms with E-state index in [1.54, 1.807) is 0 Å². The highest BCUT2D eigenvalue weighted by Gasteiger charge is 2.08. The Balaban J connectivity index is 1.72. The van der Waals surface area contributed by atoms with Crippen LogP contribution in [-0.2, 0) is 12.8 Å². The highest BCUT2D eigenvalue weighted by atomic mass is 79.9. The molecule has 0 aliphatic rings. The maximum atomic E-state index is 6.04. The Morgan fingerprint density at radius 3 is 2.81 bits per heavy atom. The second kappa shape index (κ2) is 6.13. The zero-order valence-electron chi connectivity index (χ0n) is 10.8. The lowest BCUT2D eigenvalue weighted by Gasteiger charge is -2.00. The molecule has 5 nitrogen and oxygen atoms in total. The number of aromatic amines is 1. The fraction of sp³-hybridized carbons (Fsp3) is 0.154. The van der Waals surface area contributed by atoms with Gasteiger partial charge >= 0.3 is 0 Å². The molecule has 3 aromatic rings. The number of hydrogen-bond donors (Lipinski definition) is 2.